The number of ether oxygens (including phenoxy) is 1. The van der Waals surface area contributed by atoms with Gasteiger partial charge in [0.15, 0.2) is 0 Å². The second-order valence-corrected chi connectivity index (χ2v) is 5.76. The third kappa shape index (κ3) is 3.65. The fourth-order valence-electron chi connectivity index (χ4n) is 2.51. The smallest absolute Gasteiger partial charge is 0.325 e. The summed E-state index contributed by atoms with van der Waals surface area (Å²) >= 11 is 0. The maximum atomic E-state index is 12.2. The number of nitrogens with zero attached hydrogens (tertiary/aromatic N) is 1. The number of amides is 2. The van der Waals surface area contributed by atoms with E-state index in [1.165, 1.54) is 4.90 Å². The minimum absolute atomic E-state index is 0.0663. The van der Waals surface area contributed by atoms with Gasteiger partial charge in [0.05, 0.1) is 12.0 Å². The molecule has 2 saturated carbocycles. The molecule has 7 heteroatoms. The van der Waals surface area contributed by atoms with Crippen LogP contribution in [-0.4, -0.2) is 53.7 Å². The van der Waals surface area contributed by atoms with Crippen molar-refractivity contribution in [3.8, 4) is 0 Å². The predicted octanol–water partition coefficient (Wildman–Crippen LogP) is 0.978. The quantitative estimate of drug-likeness (QED) is 0.683. The first-order chi connectivity index (χ1) is 9.98. The number of rotatable bonds is 7. The summed E-state index contributed by atoms with van der Waals surface area (Å²) in [6.45, 7) is 2.03. The summed E-state index contributed by atoms with van der Waals surface area (Å²) in [5, 5.41) is 11.9. The zero-order valence-electron chi connectivity index (χ0n) is 12.3. The Balaban J connectivity index is 1.87. The largest absolute Gasteiger partial charge is 0.481 e. The number of carboxylic acid groups (broad SMARTS) is 1. The van der Waals surface area contributed by atoms with Gasteiger partial charge in [-0.3, -0.25) is 9.59 Å². The van der Waals surface area contributed by atoms with E-state index < -0.39 is 17.4 Å². The number of hydrogen-bond acceptors (Lipinski definition) is 4. The lowest BCUT2D eigenvalue weighted by Gasteiger charge is -2.38. The van der Waals surface area contributed by atoms with Gasteiger partial charge < -0.3 is 20.1 Å². The summed E-state index contributed by atoms with van der Waals surface area (Å²) in [6, 6.07) is -0.311. The van der Waals surface area contributed by atoms with Crippen LogP contribution in [0.2, 0.25) is 0 Å². The topological polar surface area (TPSA) is 95.9 Å². The Kier molecular flexibility index (Phi) is 4.69. The molecule has 2 aliphatic rings. The standard InChI is InChI=1S/C14H22N2O5/c1-2-21-11(17)8-16(10-4-5-10)13(20)15-9-14(12(18)19)6-3-7-14/h10H,2-9H2,1H3,(H,15,20)(H,18,19). The number of esters is 1. The summed E-state index contributed by atoms with van der Waals surface area (Å²) in [4.78, 5) is 36.4. The highest BCUT2D eigenvalue weighted by molar-refractivity contribution is 5.82. The average Bonchev–Trinajstić information content (AvgIpc) is 3.18. The molecule has 0 atom stereocenters. The van der Waals surface area contributed by atoms with Crippen LogP contribution < -0.4 is 5.32 Å². The molecule has 2 fully saturated rings. The number of carbonyl (C=O) groups is 3. The zero-order chi connectivity index (χ0) is 15.5. The molecule has 7 nitrogen and oxygen atoms in total. The first-order valence-electron chi connectivity index (χ1n) is 7.42. The monoisotopic (exact) mass is 298 g/mol. The van der Waals surface area contributed by atoms with Crippen molar-refractivity contribution in [2.45, 2.75) is 45.1 Å². The van der Waals surface area contributed by atoms with E-state index in [0.29, 0.717) is 12.8 Å². The van der Waals surface area contributed by atoms with Gasteiger partial charge in [-0.1, -0.05) is 6.42 Å². The molecule has 21 heavy (non-hydrogen) atoms. The molecule has 0 spiro atoms. The number of aliphatic carboxylic acids is 1. The second kappa shape index (κ2) is 6.32. The van der Waals surface area contributed by atoms with Gasteiger partial charge >= 0.3 is 18.0 Å². The van der Waals surface area contributed by atoms with E-state index in [-0.39, 0.29) is 31.8 Å². The number of hydrogen-bond donors (Lipinski definition) is 2. The average molecular weight is 298 g/mol. The van der Waals surface area contributed by atoms with E-state index in [4.69, 9.17) is 4.74 Å². The van der Waals surface area contributed by atoms with E-state index in [1.54, 1.807) is 6.92 Å². The molecule has 0 aromatic rings. The molecule has 0 unspecified atom stereocenters. The number of carbonyl (C=O) groups excluding carboxylic acids is 2. The summed E-state index contributed by atoms with van der Waals surface area (Å²) in [5.74, 6) is -1.30. The molecule has 2 rings (SSSR count). The van der Waals surface area contributed by atoms with Gasteiger partial charge in [0.2, 0.25) is 0 Å². The van der Waals surface area contributed by atoms with E-state index in [9.17, 15) is 19.5 Å². The van der Waals surface area contributed by atoms with Gasteiger partial charge in [0.25, 0.3) is 0 Å². The van der Waals surface area contributed by atoms with Crippen LogP contribution in [0.15, 0.2) is 0 Å². The molecule has 0 aromatic carbocycles. The second-order valence-electron chi connectivity index (χ2n) is 5.76. The van der Waals surface area contributed by atoms with Crippen molar-refractivity contribution in [2.75, 3.05) is 19.7 Å². The van der Waals surface area contributed by atoms with Crippen LogP contribution in [0.5, 0.6) is 0 Å². The lowest BCUT2D eigenvalue weighted by atomic mass is 9.69. The normalized spacial score (nSPS) is 19.3. The van der Waals surface area contributed by atoms with Crippen LogP contribution in [0.25, 0.3) is 0 Å². The molecule has 0 radical (unpaired) electrons. The minimum atomic E-state index is -0.864. The molecule has 0 bridgehead atoms. The highest BCUT2D eigenvalue weighted by Gasteiger charge is 2.45. The highest BCUT2D eigenvalue weighted by Crippen LogP contribution is 2.40. The van der Waals surface area contributed by atoms with E-state index in [2.05, 4.69) is 5.32 Å². The SMILES string of the molecule is CCOC(=O)CN(C(=O)NCC1(C(=O)O)CCC1)C1CC1. The summed E-state index contributed by atoms with van der Waals surface area (Å²) < 4.78 is 4.86. The zero-order valence-corrected chi connectivity index (χ0v) is 12.3. The van der Waals surface area contributed by atoms with Crippen molar-refractivity contribution in [3.05, 3.63) is 0 Å². The van der Waals surface area contributed by atoms with E-state index >= 15 is 0 Å². The lowest BCUT2D eigenvalue weighted by molar-refractivity contribution is -0.154. The highest BCUT2D eigenvalue weighted by atomic mass is 16.5. The Hall–Kier alpha value is -1.79. The molecule has 118 valence electrons. The minimum Gasteiger partial charge on any atom is -0.481 e. The molecule has 0 saturated heterocycles. The van der Waals surface area contributed by atoms with Crippen molar-refractivity contribution in [1.82, 2.24) is 10.2 Å². The van der Waals surface area contributed by atoms with Crippen LogP contribution in [0.4, 0.5) is 4.79 Å². The fourth-order valence-corrected chi connectivity index (χ4v) is 2.51. The van der Waals surface area contributed by atoms with Crippen LogP contribution in [0, 0.1) is 5.41 Å². The first-order valence-corrected chi connectivity index (χ1v) is 7.42. The fraction of sp³-hybridized carbons (Fsp3) is 0.786. The van der Waals surface area contributed by atoms with Gasteiger partial charge in [0.1, 0.15) is 6.54 Å². The first kappa shape index (κ1) is 15.6. The molecule has 0 aliphatic heterocycles. The van der Waals surface area contributed by atoms with Crippen molar-refractivity contribution in [3.63, 3.8) is 0 Å². The van der Waals surface area contributed by atoms with Crippen molar-refractivity contribution >= 4 is 18.0 Å². The molecule has 0 aromatic heterocycles. The number of carboxylic acids is 1. The summed E-state index contributed by atoms with van der Waals surface area (Å²) in [5.41, 5.74) is -0.825. The number of nitrogens with one attached hydrogen (secondary N) is 1. The van der Waals surface area contributed by atoms with Gasteiger partial charge in [-0.2, -0.15) is 0 Å². The van der Waals surface area contributed by atoms with E-state index in [1.807, 2.05) is 0 Å². The summed E-state index contributed by atoms with van der Waals surface area (Å²) in [7, 11) is 0. The third-order valence-electron chi connectivity index (χ3n) is 4.20. The third-order valence-corrected chi connectivity index (χ3v) is 4.20. The molecular formula is C14H22N2O5. The lowest BCUT2D eigenvalue weighted by Crippen LogP contribution is -2.52. The van der Waals surface area contributed by atoms with Gasteiger partial charge in [-0.15, -0.1) is 0 Å². The summed E-state index contributed by atoms with van der Waals surface area (Å²) in [6.07, 6.45) is 3.79. The molecule has 2 amide bonds. The van der Waals surface area contributed by atoms with E-state index in [0.717, 1.165) is 19.3 Å². The molecular weight excluding hydrogens is 276 g/mol. The Morgan fingerprint density at radius 3 is 2.43 bits per heavy atom. The predicted molar refractivity (Wildman–Crippen MR) is 73.7 cm³/mol. The maximum Gasteiger partial charge on any atom is 0.325 e. The Labute approximate surface area is 123 Å². The van der Waals surface area contributed by atoms with Gasteiger partial charge in [-0.25, -0.2) is 4.79 Å². The van der Waals surface area contributed by atoms with Gasteiger partial charge in [0, 0.05) is 12.6 Å². The van der Waals surface area contributed by atoms with Crippen LogP contribution in [0.1, 0.15) is 39.0 Å². The maximum absolute atomic E-state index is 12.2. The molecule has 2 aliphatic carbocycles. The number of urea groups is 1. The van der Waals surface area contributed by atoms with Crippen LogP contribution in [-0.2, 0) is 14.3 Å². The van der Waals surface area contributed by atoms with Crippen molar-refractivity contribution < 1.29 is 24.2 Å². The Morgan fingerprint density at radius 1 is 1.33 bits per heavy atom. The van der Waals surface area contributed by atoms with Crippen molar-refractivity contribution in [1.29, 1.82) is 0 Å². The Bertz CT molecular complexity index is 429. The Morgan fingerprint density at radius 2 is 2.00 bits per heavy atom. The van der Waals surface area contributed by atoms with Crippen molar-refractivity contribution in [2.24, 2.45) is 5.41 Å². The molecule has 2 N–H and O–H groups in total. The van der Waals surface area contributed by atoms with Gasteiger partial charge in [-0.05, 0) is 32.6 Å². The van der Waals surface area contributed by atoms with Crippen LogP contribution in [0.3, 0.4) is 0 Å². The van der Waals surface area contributed by atoms with Crippen LogP contribution >= 0.6 is 0 Å². The molecule has 0 heterocycles.